The van der Waals surface area contributed by atoms with Crippen molar-refractivity contribution in [2.45, 2.75) is 26.8 Å². The molecule has 1 aromatic heterocycles. The molecule has 1 atom stereocenters. The van der Waals surface area contributed by atoms with Gasteiger partial charge in [0.25, 0.3) is 0 Å². The van der Waals surface area contributed by atoms with Gasteiger partial charge in [0, 0.05) is 5.69 Å². The molecule has 0 unspecified atom stereocenters. The maximum atomic E-state index is 11.9. The molecule has 0 fully saturated rings. The minimum atomic E-state index is -0.254. The first-order valence-corrected chi connectivity index (χ1v) is 7.87. The summed E-state index contributed by atoms with van der Waals surface area (Å²) < 4.78 is 5.25. The van der Waals surface area contributed by atoms with Crippen molar-refractivity contribution in [2.24, 2.45) is 0 Å². The second kappa shape index (κ2) is 8.31. The van der Waals surface area contributed by atoms with E-state index in [0.717, 1.165) is 22.6 Å². The van der Waals surface area contributed by atoms with Crippen molar-refractivity contribution in [1.82, 2.24) is 10.6 Å². The molecule has 6 nitrogen and oxygen atoms in total. The molecule has 6 heteroatoms. The summed E-state index contributed by atoms with van der Waals surface area (Å²) in [5, 5.41) is 8.44. The molecular weight excluding hydrogens is 306 g/mol. The van der Waals surface area contributed by atoms with E-state index < -0.39 is 0 Å². The van der Waals surface area contributed by atoms with Crippen LogP contribution in [0.15, 0.2) is 41.0 Å². The first kappa shape index (κ1) is 17.7. The van der Waals surface area contributed by atoms with Crippen molar-refractivity contribution in [3.05, 3.63) is 53.5 Å². The zero-order valence-corrected chi connectivity index (χ0v) is 14.2. The van der Waals surface area contributed by atoms with Crippen LogP contribution in [0, 0.1) is 13.8 Å². The molecule has 0 aliphatic rings. The molecule has 1 heterocycles. The minimum Gasteiger partial charge on any atom is -0.468 e. The van der Waals surface area contributed by atoms with Gasteiger partial charge in [-0.05, 0) is 50.1 Å². The summed E-state index contributed by atoms with van der Waals surface area (Å²) in [5.74, 6) is 0.260. The van der Waals surface area contributed by atoms with Crippen molar-refractivity contribution in [1.29, 1.82) is 0 Å². The molecule has 0 spiro atoms. The second-order valence-corrected chi connectivity index (χ2v) is 5.69. The first-order chi connectivity index (χ1) is 11.5. The Hall–Kier alpha value is -2.60. The van der Waals surface area contributed by atoms with Crippen LogP contribution in [-0.2, 0) is 9.59 Å². The number of carbonyl (C=O) groups is 2. The van der Waals surface area contributed by atoms with Gasteiger partial charge >= 0.3 is 0 Å². The Bertz CT molecular complexity index is 696. The van der Waals surface area contributed by atoms with Gasteiger partial charge in [-0.25, -0.2) is 0 Å². The van der Waals surface area contributed by atoms with Crippen LogP contribution in [0.25, 0.3) is 0 Å². The largest absolute Gasteiger partial charge is 0.468 e. The van der Waals surface area contributed by atoms with Gasteiger partial charge in [0.1, 0.15) is 5.76 Å². The van der Waals surface area contributed by atoms with Gasteiger partial charge in [-0.3, -0.25) is 14.9 Å². The molecule has 3 N–H and O–H groups in total. The number of anilines is 1. The van der Waals surface area contributed by atoms with Gasteiger partial charge in [0.05, 0.1) is 25.4 Å². The van der Waals surface area contributed by atoms with Crippen LogP contribution in [-0.4, -0.2) is 24.9 Å². The van der Waals surface area contributed by atoms with E-state index in [-0.39, 0.29) is 30.9 Å². The number of carbonyl (C=O) groups excluding carboxylic acids is 2. The van der Waals surface area contributed by atoms with Gasteiger partial charge in [0.2, 0.25) is 11.8 Å². The van der Waals surface area contributed by atoms with Gasteiger partial charge in [0.15, 0.2) is 0 Å². The van der Waals surface area contributed by atoms with Gasteiger partial charge in [-0.15, -0.1) is 0 Å². The van der Waals surface area contributed by atoms with Gasteiger partial charge < -0.3 is 15.1 Å². The van der Waals surface area contributed by atoms with Crippen molar-refractivity contribution >= 4 is 17.5 Å². The molecule has 0 saturated carbocycles. The molecule has 128 valence electrons. The highest BCUT2D eigenvalue weighted by molar-refractivity contribution is 5.95. The number of furan rings is 1. The Morgan fingerprint density at radius 2 is 1.88 bits per heavy atom. The second-order valence-electron chi connectivity index (χ2n) is 5.69. The first-order valence-electron chi connectivity index (χ1n) is 7.87. The Balaban J connectivity index is 1.73. The molecule has 0 radical (unpaired) electrons. The quantitative estimate of drug-likeness (QED) is 0.728. The van der Waals surface area contributed by atoms with Crippen molar-refractivity contribution < 1.29 is 14.0 Å². The zero-order chi connectivity index (χ0) is 17.5. The number of rotatable bonds is 7. The highest BCUT2D eigenvalue weighted by Crippen LogP contribution is 2.17. The van der Waals surface area contributed by atoms with Crippen molar-refractivity contribution in [3.63, 3.8) is 0 Å². The van der Waals surface area contributed by atoms with Crippen molar-refractivity contribution in [3.8, 4) is 0 Å². The summed E-state index contributed by atoms with van der Waals surface area (Å²) in [5.41, 5.74) is 2.89. The predicted molar refractivity (Wildman–Crippen MR) is 92.7 cm³/mol. The average Bonchev–Trinajstić information content (AvgIpc) is 3.09. The minimum absolute atomic E-state index is 0.0664. The van der Waals surface area contributed by atoms with E-state index in [2.05, 4.69) is 16.0 Å². The highest BCUT2D eigenvalue weighted by Gasteiger charge is 2.11. The van der Waals surface area contributed by atoms with Crippen LogP contribution in [0.4, 0.5) is 5.69 Å². The summed E-state index contributed by atoms with van der Waals surface area (Å²) in [4.78, 5) is 23.8. The molecular formula is C18H23N3O3. The van der Waals surface area contributed by atoms with E-state index >= 15 is 0 Å². The number of hydrogen-bond donors (Lipinski definition) is 3. The SMILES string of the molecule is Cc1cccc(NC(=O)CNC(=O)CN[C@@H](C)c2ccco2)c1C. The third-order valence-corrected chi connectivity index (χ3v) is 3.86. The third kappa shape index (κ3) is 4.96. The maximum absolute atomic E-state index is 11.9. The number of aryl methyl sites for hydroxylation is 1. The zero-order valence-electron chi connectivity index (χ0n) is 14.2. The number of hydrogen-bond acceptors (Lipinski definition) is 4. The van der Waals surface area contributed by atoms with Gasteiger partial charge in [-0.2, -0.15) is 0 Å². The molecule has 2 amide bonds. The Morgan fingerprint density at radius 1 is 1.08 bits per heavy atom. The smallest absolute Gasteiger partial charge is 0.243 e. The number of amides is 2. The number of nitrogens with one attached hydrogen (secondary N) is 3. The average molecular weight is 329 g/mol. The summed E-state index contributed by atoms with van der Waals surface area (Å²) in [7, 11) is 0. The van der Waals surface area contributed by atoms with Crippen LogP contribution in [0.3, 0.4) is 0 Å². The van der Waals surface area contributed by atoms with E-state index in [0.29, 0.717) is 0 Å². The van der Waals surface area contributed by atoms with Gasteiger partial charge in [-0.1, -0.05) is 12.1 Å². The molecule has 0 aliphatic heterocycles. The van der Waals surface area contributed by atoms with Crippen LogP contribution in [0.2, 0.25) is 0 Å². The molecule has 24 heavy (non-hydrogen) atoms. The molecule has 2 rings (SSSR count). The molecule has 0 bridgehead atoms. The number of benzene rings is 1. The van der Waals surface area contributed by atoms with E-state index in [1.54, 1.807) is 12.3 Å². The lowest BCUT2D eigenvalue weighted by Gasteiger charge is -2.12. The fourth-order valence-electron chi connectivity index (χ4n) is 2.21. The summed E-state index contributed by atoms with van der Waals surface area (Å²) in [6, 6.07) is 9.27. The summed E-state index contributed by atoms with van der Waals surface area (Å²) in [6.07, 6.45) is 1.59. The fourth-order valence-corrected chi connectivity index (χ4v) is 2.21. The topological polar surface area (TPSA) is 83.4 Å². The van der Waals surface area contributed by atoms with Crippen LogP contribution in [0.5, 0.6) is 0 Å². The predicted octanol–water partition coefficient (Wildman–Crippen LogP) is 2.30. The van der Waals surface area contributed by atoms with Crippen molar-refractivity contribution in [2.75, 3.05) is 18.4 Å². The lowest BCUT2D eigenvalue weighted by atomic mass is 10.1. The van der Waals surface area contributed by atoms with E-state index in [1.165, 1.54) is 0 Å². The normalized spacial score (nSPS) is 11.8. The van der Waals surface area contributed by atoms with E-state index in [9.17, 15) is 9.59 Å². The Morgan fingerprint density at radius 3 is 2.58 bits per heavy atom. The fraction of sp³-hybridized carbons (Fsp3) is 0.333. The van der Waals surface area contributed by atoms with E-state index in [1.807, 2.05) is 45.0 Å². The maximum Gasteiger partial charge on any atom is 0.243 e. The molecule has 1 aromatic carbocycles. The lowest BCUT2D eigenvalue weighted by Crippen LogP contribution is -2.39. The standard InChI is InChI=1S/C18H23N3O3/c1-12-6-4-7-15(13(12)2)21-18(23)11-20-17(22)10-19-14(3)16-8-5-9-24-16/h4-9,14,19H,10-11H2,1-3H3,(H,20,22)(H,21,23)/t14-/m0/s1. The Kier molecular flexibility index (Phi) is 6.14. The van der Waals surface area contributed by atoms with Crippen LogP contribution in [0.1, 0.15) is 29.9 Å². The third-order valence-electron chi connectivity index (χ3n) is 3.86. The van der Waals surface area contributed by atoms with Crippen LogP contribution >= 0.6 is 0 Å². The molecule has 0 aliphatic carbocycles. The van der Waals surface area contributed by atoms with E-state index in [4.69, 9.17) is 4.42 Å². The molecule has 2 aromatic rings. The highest BCUT2D eigenvalue weighted by atomic mass is 16.3. The van der Waals surface area contributed by atoms with Crippen LogP contribution < -0.4 is 16.0 Å². The lowest BCUT2D eigenvalue weighted by molar-refractivity contribution is -0.123. The summed E-state index contributed by atoms with van der Waals surface area (Å²) >= 11 is 0. The Labute approximate surface area is 141 Å². The molecule has 0 saturated heterocycles. The summed E-state index contributed by atoms with van der Waals surface area (Å²) in [6.45, 7) is 5.88. The monoisotopic (exact) mass is 329 g/mol.